The third kappa shape index (κ3) is 4.22. The number of benzene rings is 1. The Balaban J connectivity index is 2.62. The van der Waals surface area contributed by atoms with Gasteiger partial charge in [-0.2, -0.15) is 0 Å². The molecule has 0 aromatic heterocycles. The van der Waals surface area contributed by atoms with Crippen LogP contribution in [-0.4, -0.2) is 11.7 Å². The van der Waals surface area contributed by atoms with E-state index in [-0.39, 0.29) is 10.8 Å². The minimum atomic E-state index is -1.22. The maximum atomic E-state index is 13.2. The maximum absolute atomic E-state index is 13.2. The van der Waals surface area contributed by atoms with Crippen molar-refractivity contribution in [2.45, 2.75) is 19.8 Å². The number of hydrogen-bond donors (Lipinski definition) is 2. The monoisotopic (exact) mass is 262 g/mol. The lowest BCUT2D eigenvalue weighted by molar-refractivity contribution is 0.496. The van der Waals surface area contributed by atoms with Crippen LogP contribution >= 0.6 is 12.2 Å². The second-order valence-electron chi connectivity index (χ2n) is 3.48. The number of hydrogen-bond acceptors (Lipinski definition) is 1. The van der Waals surface area contributed by atoms with E-state index in [4.69, 9.17) is 12.2 Å². The summed E-state index contributed by atoms with van der Waals surface area (Å²) in [7, 11) is 0. The van der Waals surface area contributed by atoms with Crippen LogP contribution in [0.15, 0.2) is 12.1 Å². The summed E-state index contributed by atoms with van der Waals surface area (Å²) in [6.07, 6.45) is 1.91. The van der Waals surface area contributed by atoms with Crippen molar-refractivity contribution in [2.75, 3.05) is 11.9 Å². The fourth-order valence-electron chi connectivity index (χ4n) is 1.16. The van der Waals surface area contributed by atoms with Gasteiger partial charge in [0.25, 0.3) is 0 Å². The molecule has 1 rings (SSSR count). The summed E-state index contributed by atoms with van der Waals surface area (Å²) < 4.78 is 38.7. The van der Waals surface area contributed by atoms with Crippen molar-refractivity contribution >= 4 is 23.0 Å². The minimum Gasteiger partial charge on any atom is -0.362 e. The average Bonchev–Trinajstić information content (AvgIpc) is 2.26. The van der Waals surface area contributed by atoms with Gasteiger partial charge < -0.3 is 10.6 Å². The normalized spacial score (nSPS) is 10.1. The molecule has 0 unspecified atom stereocenters. The molecule has 0 fully saturated rings. The molecule has 0 saturated heterocycles. The van der Waals surface area contributed by atoms with Crippen LogP contribution in [0.25, 0.3) is 0 Å². The molecule has 0 spiro atoms. The fraction of sp³-hybridized carbons (Fsp3) is 0.364. The van der Waals surface area contributed by atoms with Crippen LogP contribution in [0.5, 0.6) is 0 Å². The van der Waals surface area contributed by atoms with Gasteiger partial charge in [-0.1, -0.05) is 13.3 Å². The van der Waals surface area contributed by atoms with Crippen LogP contribution in [0.3, 0.4) is 0 Å². The van der Waals surface area contributed by atoms with Gasteiger partial charge in [0, 0.05) is 18.7 Å². The third-order valence-corrected chi connectivity index (χ3v) is 2.32. The quantitative estimate of drug-likeness (QED) is 0.495. The van der Waals surface area contributed by atoms with Crippen molar-refractivity contribution in [3.8, 4) is 0 Å². The number of unbranched alkanes of at least 4 members (excludes halogenated alkanes) is 1. The zero-order chi connectivity index (χ0) is 12.8. The number of anilines is 1. The summed E-state index contributed by atoms with van der Waals surface area (Å²) in [6.45, 7) is 2.67. The lowest BCUT2D eigenvalue weighted by Crippen LogP contribution is -2.29. The number of halogens is 3. The molecular weight excluding hydrogens is 249 g/mol. The molecule has 0 amide bonds. The molecule has 0 bridgehead atoms. The first-order valence-corrected chi connectivity index (χ1v) is 5.64. The fourth-order valence-corrected chi connectivity index (χ4v) is 1.38. The summed E-state index contributed by atoms with van der Waals surface area (Å²) >= 11 is 4.88. The molecule has 1 aromatic rings. The molecule has 0 aliphatic rings. The van der Waals surface area contributed by atoms with E-state index >= 15 is 0 Å². The molecule has 0 atom stereocenters. The van der Waals surface area contributed by atoms with Crippen LogP contribution in [0.1, 0.15) is 19.8 Å². The largest absolute Gasteiger partial charge is 0.362 e. The van der Waals surface area contributed by atoms with E-state index in [0.29, 0.717) is 12.6 Å². The predicted octanol–water partition coefficient (Wildman–Crippen LogP) is 3.19. The van der Waals surface area contributed by atoms with Crippen LogP contribution in [0.2, 0.25) is 0 Å². The SMILES string of the molecule is CCCCNC(=S)Nc1cc(F)c(F)cc1F. The molecule has 1 aromatic carbocycles. The van der Waals surface area contributed by atoms with Gasteiger partial charge in [-0.3, -0.25) is 0 Å². The van der Waals surface area contributed by atoms with Gasteiger partial charge in [-0.15, -0.1) is 0 Å². The van der Waals surface area contributed by atoms with Gasteiger partial charge in [0.15, 0.2) is 16.7 Å². The average molecular weight is 262 g/mol. The molecule has 94 valence electrons. The standard InChI is InChI=1S/C11H13F3N2S/c1-2-3-4-15-11(17)16-10-6-8(13)7(12)5-9(10)14/h5-6H,2-4H2,1H3,(H2,15,16,17). The van der Waals surface area contributed by atoms with Gasteiger partial charge >= 0.3 is 0 Å². The third-order valence-electron chi connectivity index (χ3n) is 2.07. The number of rotatable bonds is 4. The van der Waals surface area contributed by atoms with E-state index in [0.717, 1.165) is 18.9 Å². The van der Waals surface area contributed by atoms with Crippen molar-refractivity contribution in [3.05, 3.63) is 29.6 Å². The Labute approximate surface area is 103 Å². The summed E-state index contributed by atoms with van der Waals surface area (Å²) in [5.74, 6) is -3.23. The Hall–Kier alpha value is -1.30. The predicted molar refractivity (Wildman–Crippen MR) is 65.4 cm³/mol. The van der Waals surface area contributed by atoms with Crippen molar-refractivity contribution in [3.63, 3.8) is 0 Å². The summed E-state index contributed by atoms with van der Waals surface area (Å²) in [6, 6.07) is 1.21. The Kier molecular flexibility index (Phi) is 5.21. The topological polar surface area (TPSA) is 24.1 Å². The molecule has 0 heterocycles. The van der Waals surface area contributed by atoms with E-state index in [1.807, 2.05) is 6.92 Å². The first kappa shape index (κ1) is 13.8. The molecule has 0 aliphatic carbocycles. The van der Waals surface area contributed by atoms with E-state index < -0.39 is 17.5 Å². The molecule has 2 nitrogen and oxygen atoms in total. The zero-order valence-corrected chi connectivity index (χ0v) is 10.1. The molecule has 17 heavy (non-hydrogen) atoms. The van der Waals surface area contributed by atoms with Crippen molar-refractivity contribution in [2.24, 2.45) is 0 Å². The number of nitrogens with one attached hydrogen (secondary N) is 2. The van der Waals surface area contributed by atoms with Crippen molar-refractivity contribution in [1.82, 2.24) is 5.32 Å². The highest BCUT2D eigenvalue weighted by molar-refractivity contribution is 7.80. The van der Waals surface area contributed by atoms with Gasteiger partial charge in [0.1, 0.15) is 5.82 Å². The smallest absolute Gasteiger partial charge is 0.170 e. The lowest BCUT2D eigenvalue weighted by Gasteiger charge is -2.11. The van der Waals surface area contributed by atoms with Crippen LogP contribution in [-0.2, 0) is 0 Å². The first-order valence-electron chi connectivity index (χ1n) is 5.24. The first-order chi connectivity index (χ1) is 8.04. The van der Waals surface area contributed by atoms with Crippen molar-refractivity contribution < 1.29 is 13.2 Å². The van der Waals surface area contributed by atoms with Gasteiger partial charge in [-0.05, 0) is 18.6 Å². The summed E-state index contributed by atoms with van der Waals surface area (Å²) in [5, 5.41) is 5.49. The molecular formula is C11H13F3N2S. The van der Waals surface area contributed by atoms with E-state index in [1.54, 1.807) is 0 Å². The van der Waals surface area contributed by atoms with Crippen LogP contribution in [0.4, 0.5) is 18.9 Å². The van der Waals surface area contributed by atoms with E-state index in [2.05, 4.69) is 10.6 Å². The molecule has 0 saturated carbocycles. The highest BCUT2D eigenvalue weighted by atomic mass is 32.1. The zero-order valence-electron chi connectivity index (χ0n) is 9.32. The lowest BCUT2D eigenvalue weighted by atomic mass is 10.3. The Bertz CT molecular complexity index is 410. The second kappa shape index (κ2) is 6.44. The Morgan fingerprint density at radius 1 is 1.18 bits per heavy atom. The molecule has 0 aliphatic heterocycles. The van der Waals surface area contributed by atoms with Gasteiger partial charge in [-0.25, -0.2) is 13.2 Å². The van der Waals surface area contributed by atoms with Crippen molar-refractivity contribution in [1.29, 1.82) is 0 Å². The molecule has 0 radical (unpaired) electrons. The number of thiocarbonyl (C=S) groups is 1. The van der Waals surface area contributed by atoms with Crippen LogP contribution in [0, 0.1) is 17.5 Å². The Morgan fingerprint density at radius 3 is 2.47 bits per heavy atom. The maximum Gasteiger partial charge on any atom is 0.170 e. The highest BCUT2D eigenvalue weighted by Gasteiger charge is 2.10. The highest BCUT2D eigenvalue weighted by Crippen LogP contribution is 2.18. The van der Waals surface area contributed by atoms with E-state index in [9.17, 15) is 13.2 Å². The molecule has 6 heteroatoms. The Morgan fingerprint density at radius 2 is 1.82 bits per heavy atom. The van der Waals surface area contributed by atoms with Gasteiger partial charge in [0.05, 0.1) is 5.69 Å². The molecule has 2 N–H and O–H groups in total. The van der Waals surface area contributed by atoms with E-state index in [1.165, 1.54) is 0 Å². The minimum absolute atomic E-state index is 0.183. The summed E-state index contributed by atoms with van der Waals surface area (Å²) in [5.41, 5.74) is -0.183. The summed E-state index contributed by atoms with van der Waals surface area (Å²) in [4.78, 5) is 0. The second-order valence-corrected chi connectivity index (χ2v) is 3.89. The van der Waals surface area contributed by atoms with Crippen LogP contribution < -0.4 is 10.6 Å². The van der Waals surface area contributed by atoms with Gasteiger partial charge in [0.2, 0.25) is 0 Å².